The summed E-state index contributed by atoms with van der Waals surface area (Å²) in [6.07, 6.45) is 1.89. The van der Waals surface area contributed by atoms with Crippen LogP contribution < -0.4 is 9.47 Å². The van der Waals surface area contributed by atoms with E-state index >= 15 is 0 Å². The average molecular weight is 355 g/mol. The van der Waals surface area contributed by atoms with Crippen molar-refractivity contribution in [3.8, 4) is 11.5 Å². The van der Waals surface area contributed by atoms with E-state index in [1.54, 1.807) is 32.4 Å². The Hall–Kier alpha value is -2.53. The maximum Gasteiger partial charge on any atom is 0.257 e. The third kappa shape index (κ3) is 4.35. The molecule has 2 aromatic rings. The molecular formula is C21H25NO4. The number of amides is 1. The first-order chi connectivity index (χ1) is 12.7. The third-order valence-electron chi connectivity index (χ3n) is 4.66. The van der Waals surface area contributed by atoms with Gasteiger partial charge in [-0.15, -0.1) is 0 Å². The van der Waals surface area contributed by atoms with Gasteiger partial charge in [0.2, 0.25) is 0 Å². The zero-order chi connectivity index (χ0) is 18.4. The van der Waals surface area contributed by atoms with Crippen molar-refractivity contribution in [2.75, 3.05) is 33.9 Å². The zero-order valence-electron chi connectivity index (χ0n) is 15.3. The Morgan fingerprint density at radius 1 is 1.15 bits per heavy atom. The van der Waals surface area contributed by atoms with Crippen LogP contribution in [0.25, 0.3) is 0 Å². The first-order valence-corrected chi connectivity index (χ1v) is 8.88. The van der Waals surface area contributed by atoms with Crippen molar-refractivity contribution in [2.24, 2.45) is 0 Å². The molecule has 0 radical (unpaired) electrons. The summed E-state index contributed by atoms with van der Waals surface area (Å²) in [5.41, 5.74) is 1.84. The molecule has 1 heterocycles. The molecule has 0 spiro atoms. The molecule has 3 rings (SSSR count). The Kier molecular flexibility index (Phi) is 6.12. The highest BCUT2D eigenvalue weighted by Gasteiger charge is 2.26. The molecule has 0 bridgehead atoms. The molecule has 1 aliphatic rings. The fraction of sp³-hybridized carbons (Fsp3) is 0.381. The number of nitrogens with zero attached hydrogens (tertiary/aromatic N) is 1. The molecule has 5 heteroatoms. The topological polar surface area (TPSA) is 48.0 Å². The van der Waals surface area contributed by atoms with E-state index in [0.29, 0.717) is 36.8 Å². The van der Waals surface area contributed by atoms with Gasteiger partial charge in [0.1, 0.15) is 11.5 Å². The quantitative estimate of drug-likeness (QED) is 0.799. The van der Waals surface area contributed by atoms with E-state index in [1.165, 1.54) is 5.56 Å². The third-order valence-corrected chi connectivity index (χ3v) is 4.66. The summed E-state index contributed by atoms with van der Waals surface area (Å²) in [6.45, 7) is 1.75. The minimum atomic E-state index is -0.0301. The van der Waals surface area contributed by atoms with Crippen molar-refractivity contribution < 1.29 is 19.0 Å². The van der Waals surface area contributed by atoms with Crippen LogP contribution in [-0.2, 0) is 11.2 Å². The fourth-order valence-electron chi connectivity index (χ4n) is 3.20. The maximum atomic E-state index is 12.9. The standard InChI is InChI=1S/C21H25NO4/c1-24-17-10-11-19(20(14-17)25-2)21(23)22-12-13-26-18(15-22)9-8-16-6-4-3-5-7-16/h3-7,10-11,14,18H,8-9,12-13,15H2,1-2H3/t18-/m1/s1. The van der Waals surface area contributed by atoms with Gasteiger partial charge in [-0.05, 0) is 30.5 Å². The minimum Gasteiger partial charge on any atom is -0.497 e. The summed E-state index contributed by atoms with van der Waals surface area (Å²) in [6, 6.07) is 15.6. The molecule has 1 amide bonds. The minimum absolute atomic E-state index is 0.0301. The molecule has 2 aromatic carbocycles. The van der Waals surface area contributed by atoms with Crippen LogP contribution in [0.15, 0.2) is 48.5 Å². The highest BCUT2D eigenvalue weighted by Crippen LogP contribution is 2.26. The summed E-state index contributed by atoms with van der Waals surface area (Å²) in [5.74, 6) is 1.17. The van der Waals surface area contributed by atoms with E-state index < -0.39 is 0 Å². The number of hydrogen-bond acceptors (Lipinski definition) is 4. The molecule has 5 nitrogen and oxygen atoms in total. The van der Waals surface area contributed by atoms with E-state index in [4.69, 9.17) is 14.2 Å². The highest BCUT2D eigenvalue weighted by atomic mass is 16.5. The van der Waals surface area contributed by atoms with Crippen LogP contribution in [0, 0.1) is 0 Å². The number of hydrogen-bond donors (Lipinski definition) is 0. The van der Waals surface area contributed by atoms with Crippen molar-refractivity contribution in [1.29, 1.82) is 0 Å². The van der Waals surface area contributed by atoms with Crippen molar-refractivity contribution in [1.82, 2.24) is 4.90 Å². The molecular weight excluding hydrogens is 330 g/mol. The molecule has 1 fully saturated rings. The van der Waals surface area contributed by atoms with Gasteiger partial charge in [-0.2, -0.15) is 0 Å². The second-order valence-electron chi connectivity index (χ2n) is 6.33. The lowest BCUT2D eigenvalue weighted by Gasteiger charge is -2.33. The second-order valence-corrected chi connectivity index (χ2v) is 6.33. The Bertz CT molecular complexity index is 732. The van der Waals surface area contributed by atoms with Crippen LogP contribution in [-0.4, -0.2) is 50.8 Å². The van der Waals surface area contributed by atoms with Crippen LogP contribution in [0.1, 0.15) is 22.3 Å². The first-order valence-electron chi connectivity index (χ1n) is 8.88. The van der Waals surface area contributed by atoms with Crippen molar-refractivity contribution in [2.45, 2.75) is 18.9 Å². The van der Waals surface area contributed by atoms with Gasteiger partial charge < -0.3 is 19.1 Å². The van der Waals surface area contributed by atoms with E-state index in [1.807, 2.05) is 23.1 Å². The second kappa shape index (κ2) is 8.72. The lowest BCUT2D eigenvalue weighted by Crippen LogP contribution is -2.45. The number of carbonyl (C=O) groups excluding carboxylic acids is 1. The summed E-state index contributed by atoms with van der Waals surface area (Å²) >= 11 is 0. The molecule has 1 aliphatic heterocycles. The van der Waals surface area contributed by atoms with Gasteiger partial charge in [0.05, 0.1) is 32.5 Å². The first kappa shape index (κ1) is 18.3. The predicted molar refractivity (Wildman–Crippen MR) is 100.0 cm³/mol. The van der Waals surface area contributed by atoms with Crippen LogP contribution in [0.4, 0.5) is 0 Å². The SMILES string of the molecule is COc1ccc(C(=O)N2CCO[C@H](CCc3ccccc3)C2)c(OC)c1. The van der Waals surface area contributed by atoms with Crippen LogP contribution in [0.2, 0.25) is 0 Å². The highest BCUT2D eigenvalue weighted by molar-refractivity contribution is 5.97. The van der Waals surface area contributed by atoms with Gasteiger partial charge in [-0.25, -0.2) is 0 Å². The lowest BCUT2D eigenvalue weighted by molar-refractivity contribution is -0.0246. The molecule has 0 aromatic heterocycles. The number of aryl methyl sites for hydroxylation is 1. The van der Waals surface area contributed by atoms with E-state index in [9.17, 15) is 4.79 Å². The zero-order valence-corrected chi connectivity index (χ0v) is 15.3. The molecule has 0 aliphatic carbocycles. The Balaban J connectivity index is 1.64. The Morgan fingerprint density at radius 3 is 2.69 bits per heavy atom. The molecule has 1 atom stereocenters. The summed E-state index contributed by atoms with van der Waals surface area (Å²) < 4.78 is 16.4. The lowest BCUT2D eigenvalue weighted by atomic mass is 10.1. The maximum absolute atomic E-state index is 12.9. The van der Waals surface area contributed by atoms with E-state index in [0.717, 1.165) is 12.8 Å². The summed E-state index contributed by atoms with van der Waals surface area (Å²) in [5, 5.41) is 0. The molecule has 26 heavy (non-hydrogen) atoms. The summed E-state index contributed by atoms with van der Waals surface area (Å²) in [4.78, 5) is 14.8. The van der Waals surface area contributed by atoms with Crippen molar-refractivity contribution in [3.05, 3.63) is 59.7 Å². The number of carbonyl (C=O) groups is 1. The molecule has 0 unspecified atom stereocenters. The number of benzene rings is 2. The normalized spacial score (nSPS) is 17.0. The van der Waals surface area contributed by atoms with Crippen molar-refractivity contribution >= 4 is 5.91 Å². The Labute approximate surface area is 154 Å². The smallest absolute Gasteiger partial charge is 0.257 e. The average Bonchev–Trinajstić information content (AvgIpc) is 2.72. The Morgan fingerprint density at radius 2 is 1.96 bits per heavy atom. The van der Waals surface area contributed by atoms with Gasteiger partial charge in [0, 0.05) is 19.2 Å². The van der Waals surface area contributed by atoms with Crippen LogP contribution in [0.3, 0.4) is 0 Å². The van der Waals surface area contributed by atoms with Crippen molar-refractivity contribution in [3.63, 3.8) is 0 Å². The largest absolute Gasteiger partial charge is 0.497 e. The van der Waals surface area contributed by atoms with E-state index in [-0.39, 0.29) is 12.0 Å². The number of morpholine rings is 1. The number of methoxy groups -OCH3 is 2. The van der Waals surface area contributed by atoms with E-state index in [2.05, 4.69) is 12.1 Å². The van der Waals surface area contributed by atoms with Crippen LogP contribution >= 0.6 is 0 Å². The summed E-state index contributed by atoms with van der Waals surface area (Å²) in [7, 11) is 3.16. The van der Waals surface area contributed by atoms with Gasteiger partial charge in [0.25, 0.3) is 5.91 Å². The van der Waals surface area contributed by atoms with Gasteiger partial charge in [-0.3, -0.25) is 4.79 Å². The molecule has 0 N–H and O–H groups in total. The van der Waals surface area contributed by atoms with Gasteiger partial charge in [0.15, 0.2) is 0 Å². The van der Waals surface area contributed by atoms with Crippen LogP contribution in [0.5, 0.6) is 11.5 Å². The fourth-order valence-corrected chi connectivity index (χ4v) is 3.20. The van der Waals surface area contributed by atoms with Gasteiger partial charge in [-0.1, -0.05) is 30.3 Å². The molecule has 0 saturated carbocycles. The molecule has 1 saturated heterocycles. The number of ether oxygens (including phenoxy) is 3. The predicted octanol–water partition coefficient (Wildman–Crippen LogP) is 3.18. The van der Waals surface area contributed by atoms with Gasteiger partial charge >= 0.3 is 0 Å². The monoisotopic (exact) mass is 355 g/mol. The molecule has 138 valence electrons. The number of rotatable bonds is 6.